The highest BCUT2D eigenvalue weighted by molar-refractivity contribution is 7.10. The van der Waals surface area contributed by atoms with Crippen LogP contribution in [0.5, 0.6) is 0 Å². The van der Waals surface area contributed by atoms with Gasteiger partial charge in [0.15, 0.2) is 0 Å². The van der Waals surface area contributed by atoms with Gasteiger partial charge in [-0.15, -0.1) is 11.3 Å². The fraction of sp³-hybridized carbons (Fsp3) is 0.556. The molecule has 1 N–H and O–H groups in total. The maximum atomic E-state index is 5.44. The predicted octanol–water partition coefficient (Wildman–Crippen LogP) is 5.18. The first kappa shape index (κ1) is 14.9. The van der Waals surface area contributed by atoms with Crippen LogP contribution in [0.4, 0.5) is 0 Å². The molecule has 1 saturated carbocycles. The minimum Gasteiger partial charge on any atom is -0.469 e. The van der Waals surface area contributed by atoms with Crippen LogP contribution >= 0.6 is 11.3 Å². The highest BCUT2D eigenvalue weighted by atomic mass is 32.1. The van der Waals surface area contributed by atoms with Crippen LogP contribution in [-0.2, 0) is 6.42 Å². The summed E-state index contributed by atoms with van der Waals surface area (Å²) in [5.41, 5.74) is 0. The molecule has 2 unspecified atom stereocenters. The highest BCUT2D eigenvalue weighted by Gasteiger charge is 2.27. The van der Waals surface area contributed by atoms with Gasteiger partial charge in [0.25, 0.3) is 0 Å². The van der Waals surface area contributed by atoms with E-state index in [1.807, 2.05) is 17.4 Å². The van der Waals surface area contributed by atoms with Crippen molar-refractivity contribution in [3.05, 3.63) is 46.5 Å². The van der Waals surface area contributed by atoms with Crippen molar-refractivity contribution in [2.75, 3.05) is 0 Å². The largest absolute Gasteiger partial charge is 0.469 e. The van der Waals surface area contributed by atoms with Gasteiger partial charge in [0, 0.05) is 23.4 Å². The summed E-state index contributed by atoms with van der Waals surface area (Å²) in [7, 11) is 0. The summed E-state index contributed by atoms with van der Waals surface area (Å²) in [5, 5.41) is 6.09. The second-order valence-corrected chi connectivity index (χ2v) is 7.20. The van der Waals surface area contributed by atoms with E-state index in [1.165, 1.54) is 30.6 Å². The summed E-state index contributed by atoms with van der Waals surface area (Å²) in [6.45, 7) is 2.30. The SMILES string of the molecule is CC(CCc1ccco1)NC(c1cccs1)C1CCCC1. The lowest BCUT2D eigenvalue weighted by Gasteiger charge is -2.27. The maximum absolute atomic E-state index is 5.44. The normalized spacial score (nSPS) is 18.9. The average molecular weight is 303 g/mol. The van der Waals surface area contributed by atoms with Gasteiger partial charge >= 0.3 is 0 Å². The number of hydrogen-bond donors (Lipinski definition) is 1. The molecular formula is C18H25NOS. The smallest absolute Gasteiger partial charge is 0.103 e. The van der Waals surface area contributed by atoms with E-state index in [9.17, 15) is 0 Å². The first-order valence-electron chi connectivity index (χ1n) is 8.15. The number of thiophene rings is 1. The van der Waals surface area contributed by atoms with Crippen LogP contribution in [0.3, 0.4) is 0 Å². The zero-order valence-corrected chi connectivity index (χ0v) is 13.6. The Morgan fingerprint density at radius 1 is 1.29 bits per heavy atom. The molecule has 2 aromatic heterocycles. The fourth-order valence-corrected chi connectivity index (χ4v) is 4.29. The van der Waals surface area contributed by atoms with Gasteiger partial charge in [-0.3, -0.25) is 0 Å². The Kier molecular flexibility index (Phi) is 5.15. The Morgan fingerprint density at radius 3 is 2.81 bits per heavy atom. The quantitative estimate of drug-likeness (QED) is 0.762. The van der Waals surface area contributed by atoms with E-state index in [-0.39, 0.29) is 0 Å². The van der Waals surface area contributed by atoms with E-state index in [0.29, 0.717) is 12.1 Å². The van der Waals surface area contributed by atoms with Gasteiger partial charge in [0.05, 0.1) is 6.26 Å². The predicted molar refractivity (Wildman–Crippen MR) is 88.6 cm³/mol. The van der Waals surface area contributed by atoms with E-state index in [2.05, 4.69) is 35.8 Å². The maximum Gasteiger partial charge on any atom is 0.103 e. The van der Waals surface area contributed by atoms with E-state index in [1.54, 1.807) is 6.26 Å². The van der Waals surface area contributed by atoms with Gasteiger partial charge in [0.2, 0.25) is 0 Å². The molecule has 21 heavy (non-hydrogen) atoms. The molecule has 1 aliphatic carbocycles. The number of furan rings is 1. The summed E-state index contributed by atoms with van der Waals surface area (Å²) in [6.07, 6.45) is 9.45. The molecule has 0 amide bonds. The minimum atomic E-state index is 0.516. The molecule has 114 valence electrons. The second kappa shape index (κ2) is 7.28. The van der Waals surface area contributed by atoms with Crippen molar-refractivity contribution in [2.45, 2.75) is 57.5 Å². The third kappa shape index (κ3) is 3.98. The van der Waals surface area contributed by atoms with Crippen molar-refractivity contribution in [1.82, 2.24) is 5.32 Å². The van der Waals surface area contributed by atoms with Crippen molar-refractivity contribution in [3.63, 3.8) is 0 Å². The number of rotatable bonds is 7. The Balaban J connectivity index is 1.58. The first-order valence-corrected chi connectivity index (χ1v) is 9.02. The Morgan fingerprint density at radius 2 is 2.14 bits per heavy atom. The van der Waals surface area contributed by atoms with Crippen molar-refractivity contribution in [2.24, 2.45) is 5.92 Å². The van der Waals surface area contributed by atoms with Crippen molar-refractivity contribution >= 4 is 11.3 Å². The van der Waals surface area contributed by atoms with E-state index >= 15 is 0 Å². The lowest BCUT2D eigenvalue weighted by atomic mass is 9.95. The van der Waals surface area contributed by atoms with Crippen molar-refractivity contribution in [3.8, 4) is 0 Å². The minimum absolute atomic E-state index is 0.516. The molecule has 0 radical (unpaired) electrons. The summed E-state index contributed by atoms with van der Waals surface area (Å²) >= 11 is 1.89. The molecular weight excluding hydrogens is 278 g/mol. The zero-order chi connectivity index (χ0) is 14.5. The fourth-order valence-electron chi connectivity index (χ4n) is 3.41. The molecule has 0 bridgehead atoms. The summed E-state index contributed by atoms with van der Waals surface area (Å²) in [4.78, 5) is 1.51. The Hall–Kier alpha value is -1.06. The van der Waals surface area contributed by atoms with Gasteiger partial charge in [-0.25, -0.2) is 0 Å². The van der Waals surface area contributed by atoms with Gasteiger partial charge < -0.3 is 9.73 Å². The van der Waals surface area contributed by atoms with E-state index < -0.39 is 0 Å². The zero-order valence-electron chi connectivity index (χ0n) is 12.8. The van der Waals surface area contributed by atoms with Crippen LogP contribution in [0.1, 0.15) is 55.7 Å². The topological polar surface area (TPSA) is 25.2 Å². The molecule has 3 heteroatoms. The second-order valence-electron chi connectivity index (χ2n) is 6.22. The van der Waals surface area contributed by atoms with Gasteiger partial charge in [0.1, 0.15) is 5.76 Å². The Bertz CT molecular complexity index is 499. The van der Waals surface area contributed by atoms with Crippen LogP contribution in [0, 0.1) is 5.92 Å². The Labute approximate surface area is 131 Å². The highest BCUT2D eigenvalue weighted by Crippen LogP contribution is 2.37. The van der Waals surface area contributed by atoms with Crippen molar-refractivity contribution < 1.29 is 4.42 Å². The third-order valence-corrected chi connectivity index (χ3v) is 5.54. The molecule has 0 spiro atoms. The lowest BCUT2D eigenvalue weighted by molar-refractivity contribution is 0.329. The van der Waals surface area contributed by atoms with E-state index in [4.69, 9.17) is 4.42 Å². The molecule has 1 fully saturated rings. The monoisotopic (exact) mass is 303 g/mol. The lowest BCUT2D eigenvalue weighted by Crippen LogP contribution is -2.34. The van der Waals surface area contributed by atoms with Crippen LogP contribution in [-0.4, -0.2) is 6.04 Å². The molecule has 0 aromatic carbocycles. The van der Waals surface area contributed by atoms with Crippen LogP contribution in [0.15, 0.2) is 40.3 Å². The molecule has 2 heterocycles. The van der Waals surface area contributed by atoms with E-state index in [0.717, 1.165) is 24.5 Å². The summed E-state index contributed by atoms with van der Waals surface area (Å²) in [6, 6.07) is 9.57. The molecule has 1 aliphatic rings. The standard InChI is InChI=1S/C18H25NOS/c1-14(10-11-16-8-4-12-20-16)19-18(15-6-2-3-7-15)17-9-5-13-21-17/h4-5,8-9,12-15,18-19H,2-3,6-7,10-11H2,1H3. The summed E-state index contributed by atoms with van der Waals surface area (Å²) < 4.78 is 5.44. The molecule has 2 atom stereocenters. The van der Waals surface area contributed by atoms with Gasteiger partial charge in [-0.1, -0.05) is 18.9 Å². The molecule has 3 rings (SSSR count). The first-order chi connectivity index (χ1) is 10.3. The number of aryl methyl sites for hydroxylation is 1. The number of nitrogens with one attached hydrogen (secondary N) is 1. The molecule has 0 aliphatic heterocycles. The third-order valence-electron chi connectivity index (χ3n) is 4.59. The molecule has 0 saturated heterocycles. The van der Waals surface area contributed by atoms with Crippen LogP contribution < -0.4 is 5.32 Å². The van der Waals surface area contributed by atoms with Gasteiger partial charge in [-0.2, -0.15) is 0 Å². The number of hydrogen-bond acceptors (Lipinski definition) is 3. The molecule has 2 nitrogen and oxygen atoms in total. The average Bonchev–Trinajstić information content (AvgIpc) is 3.26. The van der Waals surface area contributed by atoms with Gasteiger partial charge in [-0.05, 0) is 55.7 Å². The summed E-state index contributed by atoms with van der Waals surface area (Å²) in [5.74, 6) is 1.91. The molecule has 2 aromatic rings. The van der Waals surface area contributed by atoms with Crippen molar-refractivity contribution in [1.29, 1.82) is 0 Å². The van der Waals surface area contributed by atoms with Crippen LogP contribution in [0.25, 0.3) is 0 Å². The van der Waals surface area contributed by atoms with Crippen LogP contribution in [0.2, 0.25) is 0 Å².